The molecule has 0 fully saturated rings. The predicted molar refractivity (Wildman–Crippen MR) is 80.6 cm³/mol. The zero-order chi connectivity index (χ0) is 15.3. The van der Waals surface area contributed by atoms with Gasteiger partial charge in [-0.15, -0.1) is 0 Å². The molecule has 1 aromatic heterocycles. The highest BCUT2D eigenvalue weighted by Crippen LogP contribution is 2.24. The van der Waals surface area contributed by atoms with E-state index in [4.69, 9.17) is 4.42 Å². The minimum absolute atomic E-state index is 0.0694. The van der Waals surface area contributed by atoms with Crippen molar-refractivity contribution >= 4 is 26.9 Å². The van der Waals surface area contributed by atoms with Gasteiger partial charge in [0.25, 0.3) is 0 Å². The van der Waals surface area contributed by atoms with Crippen LogP contribution in [0.15, 0.2) is 56.9 Å². The van der Waals surface area contributed by atoms with E-state index in [9.17, 15) is 13.2 Å². The molecule has 2 aromatic rings. The van der Waals surface area contributed by atoms with Gasteiger partial charge in [-0.3, -0.25) is 4.79 Å². The highest BCUT2D eigenvalue weighted by atomic mass is 32.2. The zero-order valence-electron chi connectivity index (χ0n) is 11.4. The van der Waals surface area contributed by atoms with Crippen molar-refractivity contribution in [1.29, 1.82) is 0 Å². The van der Waals surface area contributed by atoms with Gasteiger partial charge in [0, 0.05) is 13.0 Å². The van der Waals surface area contributed by atoms with Crippen LogP contribution >= 0.6 is 11.8 Å². The second kappa shape index (κ2) is 6.93. The summed E-state index contributed by atoms with van der Waals surface area (Å²) < 4.78 is 31.4. The van der Waals surface area contributed by atoms with Crippen LogP contribution in [0.2, 0.25) is 0 Å². The van der Waals surface area contributed by atoms with Crippen LogP contribution in [0.1, 0.15) is 12.2 Å². The standard InChI is InChI=1S/C14H15NO4S2/c1-11-13(8-10-19-11)20-14(16)7-9-15-21(17,18)12-5-3-2-4-6-12/h2-6,8,10,15H,7,9H2,1H3. The molecule has 0 unspecified atom stereocenters. The van der Waals surface area contributed by atoms with E-state index < -0.39 is 10.0 Å². The van der Waals surface area contributed by atoms with E-state index in [1.165, 1.54) is 18.4 Å². The van der Waals surface area contributed by atoms with Gasteiger partial charge in [0.15, 0.2) is 5.12 Å². The molecule has 21 heavy (non-hydrogen) atoms. The summed E-state index contributed by atoms with van der Waals surface area (Å²) in [6.45, 7) is 1.84. The maximum Gasteiger partial charge on any atom is 0.240 e. The van der Waals surface area contributed by atoms with Gasteiger partial charge >= 0.3 is 0 Å². The molecule has 0 saturated carbocycles. The number of benzene rings is 1. The maximum absolute atomic E-state index is 11.9. The second-order valence-corrected chi connectivity index (χ2v) is 7.14. The number of hydrogen-bond donors (Lipinski definition) is 1. The van der Waals surface area contributed by atoms with Crippen molar-refractivity contribution in [3.8, 4) is 0 Å². The normalized spacial score (nSPS) is 11.5. The molecule has 2 rings (SSSR count). The van der Waals surface area contributed by atoms with Gasteiger partial charge in [0.05, 0.1) is 16.1 Å². The topological polar surface area (TPSA) is 76.4 Å². The van der Waals surface area contributed by atoms with Crippen molar-refractivity contribution in [2.24, 2.45) is 0 Å². The summed E-state index contributed by atoms with van der Waals surface area (Å²) >= 11 is 1.06. The van der Waals surface area contributed by atoms with Crippen molar-refractivity contribution in [1.82, 2.24) is 4.72 Å². The average Bonchev–Trinajstić information content (AvgIpc) is 2.85. The lowest BCUT2D eigenvalue weighted by atomic mass is 10.4. The molecule has 0 aliphatic carbocycles. The number of carbonyl (C=O) groups excluding carboxylic acids is 1. The van der Waals surface area contributed by atoms with Crippen molar-refractivity contribution in [2.45, 2.75) is 23.1 Å². The quantitative estimate of drug-likeness (QED) is 0.826. The number of rotatable bonds is 6. The first-order valence-electron chi connectivity index (χ1n) is 6.28. The molecule has 0 spiro atoms. The molecule has 0 bridgehead atoms. The Labute approximate surface area is 127 Å². The van der Waals surface area contributed by atoms with Crippen LogP contribution in [-0.4, -0.2) is 20.1 Å². The fourth-order valence-corrected chi connectivity index (χ4v) is 3.44. The third kappa shape index (κ3) is 4.45. The van der Waals surface area contributed by atoms with Gasteiger partial charge in [-0.2, -0.15) is 0 Å². The Morgan fingerprint density at radius 1 is 1.24 bits per heavy atom. The lowest BCUT2D eigenvalue weighted by Gasteiger charge is -2.05. The molecular formula is C14H15NO4S2. The Morgan fingerprint density at radius 3 is 2.57 bits per heavy atom. The number of hydrogen-bond acceptors (Lipinski definition) is 5. The summed E-state index contributed by atoms with van der Waals surface area (Å²) in [6, 6.07) is 9.77. The van der Waals surface area contributed by atoms with Crippen LogP contribution in [0.25, 0.3) is 0 Å². The van der Waals surface area contributed by atoms with E-state index in [-0.39, 0.29) is 23.0 Å². The van der Waals surface area contributed by atoms with Crippen LogP contribution in [0, 0.1) is 6.92 Å². The van der Waals surface area contributed by atoms with Crippen molar-refractivity contribution in [3.63, 3.8) is 0 Å². The number of thioether (sulfide) groups is 1. The first-order valence-corrected chi connectivity index (χ1v) is 8.58. The lowest BCUT2D eigenvalue weighted by molar-refractivity contribution is -0.110. The monoisotopic (exact) mass is 325 g/mol. The van der Waals surface area contributed by atoms with E-state index in [0.717, 1.165) is 16.7 Å². The van der Waals surface area contributed by atoms with E-state index in [1.807, 2.05) is 0 Å². The smallest absolute Gasteiger partial charge is 0.240 e. The number of carbonyl (C=O) groups is 1. The van der Waals surface area contributed by atoms with Gasteiger partial charge in [0.1, 0.15) is 5.76 Å². The summed E-state index contributed by atoms with van der Waals surface area (Å²) in [5.74, 6) is 0.679. The third-order valence-corrected chi connectivity index (χ3v) is 5.26. The largest absolute Gasteiger partial charge is 0.468 e. The maximum atomic E-state index is 11.9. The van der Waals surface area contributed by atoms with Gasteiger partial charge < -0.3 is 4.42 Å². The molecule has 1 N–H and O–H groups in total. The average molecular weight is 325 g/mol. The predicted octanol–water partition coefficient (Wildman–Crippen LogP) is 2.58. The van der Waals surface area contributed by atoms with Crippen LogP contribution in [0.3, 0.4) is 0 Å². The number of nitrogens with one attached hydrogen (secondary N) is 1. The van der Waals surface area contributed by atoms with Crippen molar-refractivity contribution in [2.75, 3.05) is 6.54 Å². The summed E-state index contributed by atoms with van der Waals surface area (Å²) in [6.07, 6.45) is 1.63. The molecule has 5 nitrogen and oxygen atoms in total. The molecule has 0 amide bonds. The Morgan fingerprint density at radius 2 is 1.95 bits per heavy atom. The molecule has 7 heteroatoms. The Bertz CT molecular complexity index is 708. The summed E-state index contributed by atoms with van der Waals surface area (Å²) in [7, 11) is -3.56. The molecule has 0 radical (unpaired) electrons. The van der Waals surface area contributed by atoms with Crippen LogP contribution in [0.4, 0.5) is 0 Å². The summed E-state index contributed by atoms with van der Waals surface area (Å²) in [5, 5.41) is -0.115. The van der Waals surface area contributed by atoms with Crippen LogP contribution in [-0.2, 0) is 14.8 Å². The molecule has 0 aliphatic heterocycles. The fraction of sp³-hybridized carbons (Fsp3) is 0.214. The van der Waals surface area contributed by atoms with Crippen LogP contribution in [0.5, 0.6) is 0 Å². The van der Waals surface area contributed by atoms with Gasteiger partial charge in [0.2, 0.25) is 10.0 Å². The van der Waals surface area contributed by atoms with Gasteiger partial charge in [-0.25, -0.2) is 13.1 Å². The van der Waals surface area contributed by atoms with E-state index in [1.54, 1.807) is 31.2 Å². The molecule has 112 valence electrons. The lowest BCUT2D eigenvalue weighted by Crippen LogP contribution is -2.25. The molecular weight excluding hydrogens is 310 g/mol. The molecule has 0 saturated heterocycles. The van der Waals surface area contributed by atoms with E-state index in [2.05, 4.69) is 4.72 Å². The van der Waals surface area contributed by atoms with Crippen LogP contribution < -0.4 is 4.72 Å². The minimum atomic E-state index is -3.56. The Hall–Kier alpha value is -1.57. The van der Waals surface area contributed by atoms with Gasteiger partial charge in [-0.1, -0.05) is 18.2 Å². The number of sulfonamides is 1. The minimum Gasteiger partial charge on any atom is -0.468 e. The highest BCUT2D eigenvalue weighted by Gasteiger charge is 2.14. The zero-order valence-corrected chi connectivity index (χ0v) is 13.0. The number of furan rings is 1. The van der Waals surface area contributed by atoms with Crippen molar-refractivity contribution in [3.05, 3.63) is 48.4 Å². The molecule has 1 aromatic carbocycles. The molecule has 1 heterocycles. The first-order chi connectivity index (χ1) is 9.99. The summed E-state index contributed by atoms with van der Waals surface area (Å²) in [4.78, 5) is 12.7. The Kier molecular flexibility index (Phi) is 5.22. The third-order valence-electron chi connectivity index (χ3n) is 2.71. The number of aryl methyl sites for hydroxylation is 1. The first kappa shape index (κ1) is 15.8. The van der Waals surface area contributed by atoms with E-state index >= 15 is 0 Å². The van der Waals surface area contributed by atoms with E-state index in [0.29, 0.717) is 5.76 Å². The highest BCUT2D eigenvalue weighted by molar-refractivity contribution is 8.13. The van der Waals surface area contributed by atoms with Crippen molar-refractivity contribution < 1.29 is 17.6 Å². The Balaban J connectivity index is 1.84. The molecule has 0 aliphatic rings. The SMILES string of the molecule is Cc1occc1SC(=O)CCNS(=O)(=O)c1ccccc1. The van der Waals surface area contributed by atoms with Gasteiger partial charge in [-0.05, 0) is 36.9 Å². The molecule has 0 atom stereocenters. The summed E-state index contributed by atoms with van der Waals surface area (Å²) in [5.41, 5.74) is 0. The second-order valence-electron chi connectivity index (χ2n) is 4.28. The fourth-order valence-electron chi connectivity index (χ4n) is 1.62.